The van der Waals surface area contributed by atoms with Gasteiger partial charge in [-0.2, -0.15) is 26.3 Å². The Morgan fingerprint density at radius 1 is 1.13 bits per heavy atom. The molecule has 0 unspecified atom stereocenters. The summed E-state index contributed by atoms with van der Waals surface area (Å²) in [5, 5.41) is -1.46. The third-order valence-electron chi connectivity index (χ3n) is 1.32. The molecule has 0 fully saturated rings. The lowest BCUT2D eigenvalue weighted by Crippen LogP contribution is -2.17. The highest BCUT2D eigenvalue weighted by Crippen LogP contribution is 2.40. The van der Waals surface area contributed by atoms with Crippen LogP contribution in [0.1, 0.15) is 0 Å². The molecule has 0 amide bonds. The summed E-state index contributed by atoms with van der Waals surface area (Å²) in [6, 6.07) is 0. The summed E-state index contributed by atoms with van der Waals surface area (Å²) in [6.07, 6.45) is -10.1. The van der Waals surface area contributed by atoms with Gasteiger partial charge < -0.3 is 0 Å². The van der Waals surface area contributed by atoms with Gasteiger partial charge in [0, 0.05) is 0 Å². The van der Waals surface area contributed by atoms with Gasteiger partial charge in [-0.05, 0) is 0 Å². The summed E-state index contributed by atoms with van der Waals surface area (Å²) in [4.78, 5) is 1.72. The van der Waals surface area contributed by atoms with Gasteiger partial charge in [0.05, 0.1) is 11.4 Å². The van der Waals surface area contributed by atoms with E-state index in [2.05, 4.69) is 4.99 Å². The second-order valence-corrected chi connectivity index (χ2v) is 3.54. The lowest BCUT2D eigenvalue weighted by atomic mass is 10.4. The molecular formula is C6H2F7NS. The summed E-state index contributed by atoms with van der Waals surface area (Å²) in [6.45, 7) is -0.926. The molecule has 1 aliphatic rings. The number of alkyl halides is 6. The fourth-order valence-electron chi connectivity index (χ4n) is 0.745. The molecule has 0 atom stereocenters. The third kappa shape index (κ3) is 2.86. The van der Waals surface area contributed by atoms with Crippen molar-refractivity contribution in [3.05, 3.63) is 10.7 Å². The molecule has 0 spiro atoms. The zero-order chi connectivity index (χ0) is 11.9. The van der Waals surface area contributed by atoms with E-state index in [0.29, 0.717) is 0 Å². The Hall–Kier alpha value is -0.730. The highest BCUT2D eigenvalue weighted by molar-refractivity contribution is 8.17. The van der Waals surface area contributed by atoms with Crippen molar-refractivity contribution in [1.29, 1.82) is 0 Å². The smallest absolute Gasteiger partial charge is 0.268 e. The lowest BCUT2D eigenvalue weighted by Gasteiger charge is -2.06. The van der Waals surface area contributed by atoms with Crippen LogP contribution >= 0.6 is 11.8 Å². The van der Waals surface area contributed by atoms with Crippen molar-refractivity contribution < 1.29 is 30.7 Å². The Bertz CT molecular complexity index is 323. The minimum absolute atomic E-state index is 0.338. The van der Waals surface area contributed by atoms with Gasteiger partial charge in [-0.1, -0.05) is 11.8 Å². The minimum Gasteiger partial charge on any atom is -0.268 e. The zero-order valence-electron chi connectivity index (χ0n) is 6.71. The molecule has 1 aliphatic heterocycles. The molecule has 86 valence electrons. The first-order valence-corrected chi connectivity index (χ1v) is 4.19. The highest BCUT2D eigenvalue weighted by atomic mass is 32.2. The van der Waals surface area contributed by atoms with Gasteiger partial charge in [-0.15, -0.1) is 0 Å². The number of nitrogens with zero attached hydrogens (tertiary/aromatic N) is 1. The molecule has 9 heteroatoms. The molecule has 1 rings (SSSR count). The Morgan fingerprint density at radius 2 is 1.67 bits per heavy atom. The van der Waals surface area contributed by atoms with Gasteiger partial charge in [0.25, 0.3) is 0 Å². The predicted octanol–water partition coefficient (Wildman–Crippen LogP) is 3.44. The average Bonchev–Trinajstić information content (AvgIpc) is 2.47. The van der Waals surface area contributed by atoms with Crippen molar-refractivity contribution in [3.8, 4) is 0 Å². The van der Waals surface area contributed by atoms with Crippen molar-refractivity contribution in [1.82, 2.24) is 0 Å². The normalized spacial score (nSPS) is 21.7. The Balaban J connectivity index is 2.86. The first-order chi connectivity index (χ1) is 6.62. The van der Waals surface area contributed by atoms with Crippen LogP contribution in [0.3, 0.4) is 0 Å². The molecule has 1 nitrogen and oxygen atoms in total. The van der Waals surface area contributed by atoms with E-state index in [1.807, 2.05) is 0 Å². The molecule has 0 aliphatic carbocycles. The molecule has 0 saturated carbocycles. The van der Waals surface area contributed by atoms with E-state index in [0.717, 1.165) is 0 Å². The quantitative estimate of drug-likeness (QED) is 0.602. The largest absolute Gasteiger partial charge is 0.443 e. The van der Waals surface area contributed by atoms with Crippen LogP contribution in [0, 0.1) is 0 Å². The highest BCUT2D eigenvalue weighted by Gasteiger charge is 2.44. The summed E-state index contributed by atoms with van der Waals surface area (Å²) in [7, 11) is 0. The van der Waals surface area contributed by atoms with Crippen LogP contribution in [0.2, 0.25) is 0 Å². The molecule has 0 saturated heterocycles. The maximum atomic E-state index is 12.5. The van der Waals surface area contributed by atoms with E-state index in [-0.39, 0.29) is 11.8 Å². The van der Waals surface area contributed by atoms with Crippen molar-refractivity contribution in [3.63, 3.8) is 0 Å². The summed E-state index contributed by atoms with van der Waals surface area (Å²) in [5.41, 5.74) is 0. The van der Waals surface area contributed by atoms with Crippen LogP contribution in [0.5, 0.6) is 0 Å². The molecule has 0 aromatic heterocycles. The second-order valence-electron chi connectivity index (χ2n) is 2.46. The molecule has 15 heavy (non-hydrogen) atoms. The first-order valence-electron chi connectivity index (χ1n) is 3.37. The fraction of sp³-hybridized carbons (Fsp3) is 0.500. The SMILES string of the molecule is FC(=C1CN=C(C(F)(F)F)S1)C(F)(F)F. The number of hydrogen-bond acceptors (Lipinski definition) is 2. The minimum atomic E-state index is -5.26. The second kappa shape index (κ2) is 3.69. The molecular weight excluding hydrogens is 251 g/mol. The molecule has 0 aromatic carbocycles. The van der Waals surface area contributed by atoms with E-state index in [4.69, 9.17) is 0 Å². The Morgan fingerprint density at radius 3 is 2.00 bits per heavy atom. The predicted molar refractivity (Wildman–Crippen MR) is 40.1 cm³/mol. The van der Waals surface area contributed by atoms with Crippen molar-refractivity contribution in [2.75, 3.05) is 6.54 Å². The van der Waals surface area contributed by atoms with E-state index in [1.165, 1.54) is 0 Å². The summed E-state index contributed by atoms with van der Waals surface area (Å²) >= 11 is -0.338. The van der Waals surface area contributed by atoms with Gasteiger partial charge in [-0.25, -0.2) is 4.39 Å². The molecule has 1 heterocycles. The van der Waals surface area contributed by atoms with Gasteiger partial charge in [0.2, 0.25) is 5.83 Å². The molecule has 0 bridgehead atoms. The van der Waals surface area contributed by atoms with Crippen LogP contribution in [0.25, 0.3) is 0 Å². The first kappa shape index (κ1) is 12.3. The third-order valence-corrected chi connectivity index (χ3v) is 2.43. The fourth-order valence-corrected chi connectivity index (χ4v) is 1.56. The molecule has 0 radical (unpaired) electrons. The van der Waals surface area contributed by atoms with Crippen molar-refractivity contribution in [2.24, 2.45) is 4.99 Å². The zero-order valence-corrected chi connectivity index (χ0v) is 7.52. The van der Waals surface area contributed by atoms with E-state index < -0.39 is 34.7 Å². The Labute approximate surface area is 83.0 Å². The maximum absolute atomic E-state index is 12.5. The van der Waals surface area contributed by atoms with Crippen LogP contribution in [0.4, 0.5) is 30.7 Å². The average molecular weight is 253 g/mol. The van der Waals surface area contributed by atoms with Crippen LogP contribution in [-0.4, -0.2) is 23.9 Å². The Kier molecular flexibility index (Phi) is 3.04. The van der Waals surface area contributed by atoms with Gasteiger partial charge in [0.15, 0.2) is 5.04 Å². The van der Waals surface area contributed by atoms with E-state index >= 15 is 0 Å². The van der Waals surface area contributed by atoms with Gasteiger partial charge >= 0.3 is 12.4 Å². The number of allylic oxidation sites excluding steroid dienone is 1. The molecule has 0 N–H and O–H groups in total. The van der Waals surface area contributed by atoms with Crippen LogP contribution < -0.4 is 0 Å². The van der Waals surface area contributed by atoms with Crippen molar-refractivity contribution >= 4 is 16.8 Å². The van der Waals surface area contributed by atoms with Crippen molar-refractivity contribution in [2.45, 2.75) is 12.4 Å². The number of halogens is 7. The maximum Gasteiger partial charge on any atom is 0.443 e. The number of rotatable bonds is 0. The number of thioether (sulfide) groups is 1. The van der Waals surface area contributed by atoms with Gasteiger partial charge in [-0.3, -0.25) is 4.99 Å². The monoisotopic (exact) mass is 253 g/mol. The standard InChI is InChI=1S/C6H2F7NS/c7-3(5(8,9)10)2-1-14-4(15-2)6(11,12)13/h1H2. The lowest BCUT2D eigenvalue weighted by molar-refractivity contribution is -0.109. The number of hydrogen-bond donors (Lipinski definition) is 0. The summed E-state index contributed by atoms with van der Waals surface area (Å²) < 4.78 is 83.5. The molecule has 0 aromatic rings. The topological polar surface area (TPSA) is 12.4 Å². The van der Waals surface area contributed by atoms with E-state index in [1.54, 1.807) is 0 Å². The van der Waals surface area contributed by atoms with E-state index in [9.17, 15) is 30.7 Å². The van der Waals surface area contributed by atoms with Crippen LogP contribution in [-0.2, 0) is 0 Å². The summed E-state index contributed by atoms with van der Waals surface area (Å²) in [5.74, 6) is -2.52. The number of aliphatic imine (C=N–C) groups is 1. The van der Waals surface area contributed by atoms with Gasteiger partial charge in [0.1, 0.15) is 0 Å². The van der Waals surface area contributed by atoms with Crippen LogP contribution in [0.15, 0.2) is 15.7 Å².